The van der Waals surface area contributed by atoms with E-state index in [9.17, 15) is 14.7 Å². The summed E-state index contributed by atoms with van der Waals surface area (Å²) in [5.41, 5.74) is 2.66. The highest BCUT2D eigenvalue weighted by Crippen LogP contribution is 2.40. The Balaban J connectivity index is 1.51. The number of rotatable bonds is 14. The minimum absolute atomic E-state index is 0.229. The van der Waals surface area contributed by atoms with Crippen LogP contribution in [0.5, 0.6) is 11.5 Å². The van der Waals surface area contributed by atoms with Crippen molar-refractivity contribution in [1.29, 1.82) is 0 Å². The van der Waals surface area contributed by atoms with Crippen LogP contribution in [0.1, 0.15) is 38.2 Å². The number of carbonyl (C=O) groups excluding carboxylic acids is 2. The number of aliphatic hydroxyl groups excluding tert-OH is 1. The van der Waals surface area contributed by atoms with Crippen LogP contribution < -0.4 is 20.1 Å². The van der Waals surface area contributed by atoms with Crippen molar-refractivity contribution in [2.45, 2.75) is 38.7 Å². The molecule has 0 saturated heterocycles. The van der Waals surface area contributed by atoms with Gasteiger partial charge in [0.15, 0.2) is 0 Å². The first-order chi connectivity index (χ1) is 18.8. The molecule has 0 fully saturated rings. The van der Waals surface area contributed by atoms with Crippen LogP contribution in [0.15, 0.2) is 77.1 Å². The van der Waals surface area contributed by atoms with Crippen molar-refractivity contribution in [2.75, 3.05) is 40.5 Å². The first kappa shape index (κ1) is 29.7. The van der Waals surface area contributed by atoms with Crippen LogP contribution >= 0.6 is 0 Å². The average molecular weight is 539 g/mol. The number of allylic oxidation sites excluding steroid dienone is 2. The minimum Gasteiger partial charge on any atom is -0.494 e. The van der Waals surface area contributed by atoms with Crippen LogP contribution in [-0.2, 0) is 19.1 Å². The SMILES string of the molecule is COC(=O)C1=C(C)NC(C)=C(C(=O)OC)C1c1cccc(OCCCCNCC(O)COc2ccccc2)c1. The quantitative estimate of drug-likeness (QED) is 0.246. The lowest BCUT2D eigenvalue weighted by Crippen LogP contribution is -2.32. The van der Waals surface area contributed by atoms with Gasteiger partial charge in [-0.2, -0.15) is 0 Å². The fourth-order valence-electron chi connectivity index (χ4n) is 4.45. The van der Waals surface area contributed by atoms with Gasteiger partial charge in [-0.25, -0.2) is 9.59 Å². The van der Waals surface area contributed by atoms with Crippen LogP contribution in [0.4, 0.5) is 0 Å². The molecule has 1 atom stereocenters. The third-order valence-electron chi connectivity index (χ3n) is 6.34. The molecule has 210 valence electrons. The molecule has 1 aliphatic heterocycles. The number of para-hydroxylation sites is 1. The van der Waals surface area contributed by atoms with E-state index in [1.165, 1.54) is 14.2 Å². The topological polar surface area (TPSA) is 115 Å². The van der Waals surface area contributed by atoms with Gasteiger partial charge >= 0.3 is 11.9 Å². The van der Waals surface area contributed by atoms with Gasteiger partial charge in [0.1, 0.15) is 24.2 Å². The van der Waals surface area contributed by atoms with Gasteiger partial charge < -0.3 is 34.7 Å². The summed E-state index contributed by atoms with van der Waals surface area (Å²) in [6, 6.07) is 16.8. The Bertz CT molecular complexity index is 1140. The van der Waals surface area contributed by atoms with E-state index in [2.05, 4.69) is 10.6 Å². The molecule has 1 aliphatic rings. The van der Waals surface area contributed by atoms with E-state index in [0.717, 1.165) is 30.7 Å². The largest absolute Gasteiger partial charge is 0.494 e. The molecule has 0 aliphatic carbocycles. The molecule has 0 amide bonds. The number of hydrogen-bond donors (Lipinski definition) is 3. The molecule has 9 heteroatoms. The summed E-state index contributed by atoms with van der Waals surface area (Å²) in [5, 5.41) is 16.4. The van der Waals surface area contributed by atoms with Crippen LogP contribution in [0.25, 0.3) is 0 Å². The summed E-state index contributed by atoms with van der Waals surface area (Å²) >= 11 is 0. The second kappa shape index (κ2) is 14.9. The molecule has 1 unspecified atom stereocenters. The van der Waals surface area contributed by atoms with Crippen molar-refractivity contribution in [3.05, 3.63) is 82.7 Å². The third-order valence-corrected chi connectivity index (χ3v) is 6.34. The van der Waals surface area contributed by atoms with Crippen molar-refractivity contribution in [1.82, 2.24) is 10.6 Å². The molecule has 0 aromatic heterocycles. The lowest BCUT2D eigenvalue weighted by atomic mass is 9.80. The molecule has 2 aromatic rings. The Morgan fingerprint density at radius 3 is 2.18 bits per heavy atom. The molecule has 9 nitrogen and oxygen atoms in total. The van der Waals surface area contributed by atoms with Crippen molar-refractivity contribution in [2.24, 2.45) is 0 Å². The van der Waals surface area contributed by atoms with E-state index in [0.29, 0.717) is 41.4 Å². The molecule has 0 radical (unpaired) electrons. The number of esters is 2. The Morgan fingerprint density at radius 2 is 1.54 bits per heavy atom. The zero-order valence-corrected chi connectivity index (χ0v) is 23.0. The van der Waals surface area contributed by atoms with Gasteiger partial charge in [0.25, 0.3) is 0 Å². The lowest BCUT2D eigenvalue weighted by Gasteiger charge is -2.30. The van der Waals surface area contributed by atoms with Crippen molar-refractivity contribution in [3.8, 4) is 11.5 Å². The van der Waals surface area contributed by atoms with Crippen LogP contribution in [-0.4, -0.2) is 63.7 Å². The predicted octanol–water partition coefficient (Wildman–Crippen LogP) is 3.46. The number of ether oxygens (including phenoxy) is 4. The van der Waals surface area contributed by atoms with Crippen molar-refractivity contribution in [3.63, 3.8) is 0 Å². The van der Waals surface area contributed by atoms with E-state index in [1.54, 1.807) is 13.8 Å². The van der Waals surface area contributed by atoms with Crippen molar-refractivity contribution >= 4 is 11.9 Å². The Hall–Kier alpha value is -3.82. The second-order valence-electron chi connectivity index (χ2n) is 9.23. The first-order valence-electron chi connectivity index (χ1n) is 13.0. The number of methoxy groups -OCH3 is 2. The Labute approximate surface area is 229 Å². The third kappa shape index (κ3) is 8.33. The van der Waals surface area contributed by atoms with Crippen LogP contribution in [0, 0.1) is 0 Å². The van der Waals surface area contributed by atoms with Crippen LogP contribution in [0.3, 0.4) is 0 Å². The van der Waals surface area contributed by atoms with E-state index in [1.807, 2.05) is 54.6 Å². The molecule has 39 heavy (non-hydrogen) atoms. The summed E-state index contributed by atoms with van der Waals surface area (Å²) in [6.45, 7) is 5.46. The van der Waals surface area contributed by atoms with E-state index in [-0.39, 0.29) is 6.61 Å². The molecular formula is C30H38N2O7. The highest BCUT2D eigenvalue weighted by atomic mass is 16.5. The summed E-state index contributed by atoms with van der Waals surface area (Å²) in [4.78, 5) is 25.4. The average Bonchev–Trinajstić information content (AvgIpc) is 2.95. The zero-order valence-electron chi connectivity index (χ0n) is 23.0. The normalized spacial score (nSPS) is 14.5. The number of aliphatic hydroxyl groups is 1. The number of nitrogens with one attached hydrogen (secondary N) is 2. The second-order valence-corrected chi connectivity index (χ2v) is 9.23. The van der Waals surface area contributed by atoms with Gasteiger partial charge in [0.05, 0.1) is 37.9 Å². The van der Waals surface area contributed by atoms with Gasteiger partial charge in [0.2, 0.25) is 0 Å². The Morgan fingerprint density at radius 1 is 0.897 bits per heavy atom. The minimum atomic E-state index is -0.656. The van der Waals surface area contributed by atoms with E-state index >= 15 is 0 Å². The smallest absolute Gasteiger partial charge is 0.336 e. The predicted molar refractivity (Wildman–Crippen MR) is 147 cm³/mol. The standard InChI is InChI=1S/C30H38N2O7/c1-20-26(29(34)36-3)28(27(21(2)32-20)30(35)37-4)22-11-10-14-25(17-22)38-16-9-8-15-31-18-23(33)19-39-24-12-6-5-7-13-24/h5-7,10-14,17,23,28,31-33H,8-9,15-16,18-19H2,1-4H3. The molecule has 0 spiro atoms. The van der Waals surface area contributed by atoms with E-state index in [4.69, 9.17) is 18.9 Å². The van der Waals surface area contributed by atoms with Gasteiger partial charge in [-0.05, 0) is 63.1 Å². The molecule has 2 aromatic carbocycles. The summed E-state index contributed by atoms with van der Waals surface area (Å²) < 4.78 is 21.6. The lowest BCUT2D eigenvalue weighted by molar-refractivity contribution is -0.137. The molecule has 3 rings (SSSR count). The summed E-state index contributed by atoms with van der Waals surface area (Å²) in [5.74, 6) is -0.324. The highest BCUT2D eigenvalue weighted by molar-refractivity contribution is 5.99. The first-order valence-corrected chi connectivity index (χ1v) is 13.0. The number of carbonyl (C=O) groups is 2. The number of dihydropyridines is 1. The molecule has 1 heterocycles. The number of hydrogen-bond acceptors (Lipinski definition) is 9. The maximum atomic E-state index is 12.7. The maximum absolute atomic E-state index is 12.7. The maximum Gasteiger partial charge on any atom is 0.336 e. The fourth-order valence-corrected chi connectivity index (χ4v) is 4.45. The molecule has 0 saturated carbocycles. The molecule has 3 N–H and O–H groups in total. The van der Waals surface area contributed by atoms with Gasteiger partial charge in [-0.1, -0.05) is 30.3 Å². The van der Waals surface area contributed by atoms with Gasteiger partial charge in [0, 0.05) is 17.9 Å². The van der Waals surface area contributed by atoms with E-state index < -0.39 is 24.0 Å². The number of benzene rings is 2. The van der Waals surface area contributed by atoms with Gasteiger partial charge in [-0.3, -0.25) is 0 Å². The summed E-state index contributed by atoms with van der Waals surface area (Å²) in [6.07, 6.45) is 1.07. The molecule has 0 bridgehead atoms. The Kier molecular flexibility index (Phi) is 11.4. The summed E-state index contributed by atoms with van der Waals surface area (Å²) in [7, 11) is 2.63. The van der Waals surface area contributed by atoms with Crippen molar-refractivity contribution < 1.29 is 33.6 Å². The monoisotopic (exact) mass is 538 g/mol. The highest BCUT2D eigenvalue weighted by Gasteiger charge is 2.37. The molecular weight excluding hydrogens is 500 g/mol. The van der Waals surface area contributed by atoms with Gasteiger partial charge in [-0.15, -0.1) is 0 Å². The number of unbranched alkanes of at least 4 members (excludes halogenated alkanes) is 1. The fraction of sp³-hybridized carbons (Fsp3) is 0.400. The van der Waals surface area contributed by atoms with Crippen LogP contribution in [0.2, 0.25) is 0 Å². The zero-order chi connectivity index (χ0) is 28.2.